The zero-order valence-electron chi connectivity index (χ0n) is 18.9. The number of sulfonamides is 1. The molecule has 0 aliphatic heterocycles. The van der Waals surface area contributed by atoms with Crippen LogP contribution >= 0.6 is 0 Å². The minimum atomic E-state index is -3.52. The van der Waals surface area contributed by atoms with Crippen LogP contribution in [0.3, 0.4) is 0 Å². The summed E-state index contributed by atoms with van der Waals surface area (Å²) >= 11 is 0. The molecule has 32 heavy (non-hydrogen) atoms. The van der Waals surface area contributed by atoms with Crippen molar-refractivity contribution in [2.75, 3.05) is 33.5 Å². The molecule has 1 N–H and O–H groups in total. The summed E-state index contributed by atoms with van der Waals surface area (Å²) in [5.74, 6) is 0.0184. The van der Waals surface area contributed by atoms with E-state index in [1.54, 1.807) is 14.0 Å². The zero-order valence-corrected chi connectivity index (χ0v) is 19.8. The van der Waals surface area contributed by atoms with Crippen LogP contribution in [0.5, 0.6) is 5.75 Å². The predicted octanol–water partition coefficient (Wildman–Crippen LogP) is 1.66. The third kappa shape index (κ3) is 7.65. The number of carbonyl (C=O) groups excluding carboxylic acids is 2. The van der Waals surface area contributed by atoms with E-state index in [1.807, 2.05) is 54.6 Å². The number of benzene rings is 2. The lowest BCUT2D eigenvalue weighted by Gasteiger charge is -2.30. The SMILES string of the molecule is COc1ccc(CCNC(=O)[C@@H](C)N(Cc2ccccc2)C(=O)CN(C)S(C)(=O)=O)cc1. The summed E-state index contributed by atoms with van der Waals surface area (Å²) in [7, 11) is -0.579. The molecule has 2 aromatic carbocycles. The molecule has 0 radical (unpaired) electrons. The Bertz CT molecular complexity index is 994. The van der Waals surface area contributed by atoms with E-state index in [9.17, 15) is 18.0 Å². The first-order valence-corrected chi connectivity index (χ1v) is 12.1. The van der Waals surface area contributed by atoms with Gasteiger partial charge in [0.25, 0.3) is 0 Å². The molecule has 0 heterocycles. The molecule has 0 saturated heterocycles. The molecular weight excluding hydrogens is 430 g/mol. The number of likely N-dealkylation sites (N-methyl/N-ethyl adjacent to an activating group) is 1. The average Bonchev–Trinajstić information content (AvgIpc) is 2.77. The van der Waals surface area contributed by atoms with Gasteiger partial charge in [0.05, 0.1) is 19.9 Å². The van der Waals surface area contributed by atoms with Crippen molar-refractivity contribution in [3.8, 4) is 5.75 Å². The summed E-state index contributed by atoms with van der Waals surface area (Å²) in [6.07, 6.45) is 1.67. The lowest BCUT2D eigenvalue weighted by molar-refractivity contribution is -0.140. The highest BCUT2D eigenvalue weighted by molar-refractivity contribution is 7.88. The number of carbonyl (C=O) groups is 2. The van der Waals surface area contributed by atoms with Crippen molar-refractivity contribution >= 4 is 21.8 Å². The van der Waals surface area contributed by atoms with Gasteiger partial charge in [0.2, 0.25) is 21.8 Å². The molecule has 0 fully saturated rings. The van der Waals surface area contributed by atoms with E-state index in [1.165, 1.54) is 11.9 Å². The number of nitrogens with zero attached hydrogens (tertiary/aromatic N) is 2. The van der Waals surface area contributed by atoms with Gasteiger partial charge in [-0.05, 0) is 36.6 Å². The van der Waals surface area contributed by atoms with Crippen LogP contribution in [0.1, 0.15) is 18.1 Å². The quantitative estimate of drug-likeness (QED) is 0.549. The predicted molar refractivity (Wildman–Crippen MR) is 124 cm³/mol. The fourth-order valence-electron chi connectivity index (χ4n) is 3.03. The third-order valence-electron chi connectivity index (χ3n) is 5.16. The lowest BCUT2D eigenvalue weighted by atomic mass is 10.1. The number of nitrogens with one attached hydrogen (secondary N) is 1. The summed E-state index contributed by atoms with van der Waals surface area (Å²) in [6, 6.07) is 16.1. The standard InChI is InChI=1S/C23H31N3O5S/c1-18(23(28)24-15-14-19-10-12-21(31-3)13-11-19)26(16-20-8-6-5-7-9-20)22(27)17-25(2)32(4,29)30/h5-13,18H,14-17H2,1-4H3,(H,24,28)/t18-/m1/s1. The third-order valence-corrected chi connectivity index (χ3v) is 6.42. The van der Waals surface area contributed by atoms with Gasteiger partial charge in [-0.2, -0.15) is 4.31 Å². The Morgan fingerprint density at radius 2 is 1.66 bits per heavy atom. The van der Waals surface area contributed by atoms with Crippen LogP contribution in [0.25, 0.3) is 0 Å². The highest BCUT2D eigenvalue weighted by atomic mass is 32.2. The van der Waals surface area contributed by atoms with Crippen molar-refractivity contribution in [2.24, 2.45) is 0 Å². The van der Waals surface area contributed by atoms with Crippen molar-refractivity contribution in [2.45, 2.75) is 25.9 Å². The number of ether oxygens (including phenoxy) is 1. The maximum absolute atomic E-state index is 12.9. The normalized spacial score (nSPS) is 12.3. The maximum Gasteiger partial charge on any atom is 0.242 e. The van der Waals surface area contributed by atoms with E-state index < -0.39 is 22.0 Å². The molecule has 2 rings (SSSR count). The van der Waals surface area contributed by atoms with E-state index in [0.717, 1.165) is 27.4 Å². The molecular formula is C23H31N3O5S. The molecule has 0 bridgehead atoms. The molecule has 9 heteroatoms. The monoisotopic (exact) mass is 461 g/mol. The fraction of sp³-hybridized carbons (Fsp3) is 0.391. The number of hydrogen-bond acceptors (Lipinski definition) is 5. The van der Waals surface area contributed by atoms with Gasteiger partial charge in [-0.15, -0.1) is 0 Å². The number of amides is 2. The first-order valence-electron chi connectivity index (χ1n) is 10.3. The first kappa shape index (κ1) is 25.4. The Morgan fingerprint density at radius 1 is 1.03 bits per heavy atom. The van der Waals surface area contributed by atoms with E-state index >= 15 is 0 Å². The maximum atomic E-state index is 12.9. The van der Waals surface area contributed by atoms with E-state index in [2.05, 4.69) is 5.32 Å². The van der Waals surface area contributed by atoms with Gasteiger partial charge in [-0.25, -0.2) is 8.42 Å². The van der Waals surface area contributed by atoms with E-state index in [4.69, 9.17) is 4.74 Å². The molecule has 1 atom stereocenters. The molecule has 174 valence electrons. The van der Waals surface area contributed by atoms with E-state index in [-0.39, 0.29) is 19.0 Å². The van der Waals surface area contributed by atoms with Gasteiger partial charge in [-0.1, -0.05) is 42.5 Å². The van der Waals surface area contributed by atoms with Gasteiger partial charge in [0.15, 0.2) is 0 Å². The lowest BCUT2D eigenvalue weighted by Crippen LogP contribution is -2.50. The van der Waals surface area contributed by atoms with Gasteiger partial charge < -0.3 is 15.0 Å². The fourth-order valence-corrected chi connectivity index (χ4v) is 3.38. The largest absolute Gasteiger partial charge is 0.497 e. The van der Waals surface area contributed by atoms with Gasteiger partial charge in [0, 0.05) is 20.1 Å². The van der Waals surface area contributed by atoms with Crippen LogP contribution in [0.4, 0.5) is 0 Å². The molecule has 0 aliphatic carbocycles. The van der Waals surface area contributed by atoms with Crippen LogP contribution in [0, 0.1) is 0 Å². The first-order chi connectivity index (χ1) is 15.1. The second kappa shape index (κ2) is 11.6. The smallest absolute Gasteiger partial charge is 0.242 e. The summed E-state index contributed by atoms with van der Waals surface area (Å²) in [5.41, 5.74) is 1.89. The van der Waals surface area contributed by atoms with Crippen LogP contribution in [0.15, 0.2) is 54.6 Å². The number of hydrogen-bond donors (Lipinski definition) is 1. The van der Waals surface area contributed by atoms with Gasteiger partial charge in [-0.3, -0.25) is 9.59 Å². The van der Waals surface area contributed by atoms with Crippen molar-refractivity contribution in [1.29, 1.82) is 0 Å². The molecule has 2 amide bonds. The highest BCUT2D eigenvalue weighted by Gasteiger charge is 2.28. The zero-order chi connectivity index (χ0) is 23.7. The van der Waals surface area contributed by atoms with Gasteiger partial charge in [0.1, 0.15) is 11.8 Å². The van der Waals surface area contributed by atoms with Crippen molar-refractivity contribution in [3.05, 3.63) is 65.7 Å². The summed E-state index contributed by atoms with van der Waals surface area (Å²) in [4.78, 5) is 27.1. The van der Waals surface area contributed by atoms with Crippen LogP contribution < -0.4 is 10.1 Å². The van der Waals surface area contributed by atoms with Crippen molar-refractivity contribution < 1.29 is 22.7 Å². The molecule has 0 saturated carbocycles. The minimum absolute atomic E-state index is 0.199. The molecule has 2 aromatic rings. The van der Waals surface area contributed by atoms with Crippen LogP contribution in [-0.2, 0) is 32.6 Å². The highest BCUT2D eigenvalue weighted by Crippen LogP contribution is 2.12. The van der Waals surface area contributed by atoms with Crippen molar-refractivity contribution in [1.82, 2.24) is 14.5 Å². The minimum Gasteiger partial charge on any atom is -0.497 e. The Kier molecular flexibility index (Phi) is 9.22. The number of rotatable bonds is 11. The van der Waals surface area contributed by atoms with Crippen molar-refractivity contribution in [3.63, 3.8) is 0 Å². The van der Waals surface area contributed by atoms with Crippen LogP contribution in [-0.4, -0.2) is 69.0 Å². The average molecular weight is 462 g/mol. The second-order valence-corrected chi connectivity index (χ2v) is 9.68. The summed E-state index contributed by atoms with van der Waals surface area (Å²) < 4.78 is 29.6. The molecule has 0 spiro atoms. The van der Waals surface area contributed by atoms with Crippen LogP contribution in [0.2, 0.25) is 0 Å². The molecule has 0 unspecified atom stereocenters. The summed E-state index contributed by atoms with van der Waals surface area (Å²) in [5, 5.41) is 2.87. The topological polar surface area (TPSA) is 96.0 Å². The molecule has 0 aliphatic rings. The second-order valence-electron chi connectivity index (χ2n) is 7.59. The number of methoxy groups -OCH3 is 1. The van der Waals surface area contributed by atoms with Gasteiger partial charge >= 0.3 is 0 Å². The Labute approximate surface area is 190 Å². The van der Waals surface area contributed by atoms with E-state index in [0.29, 0.717) is 13.0 Å². The Morgan fingerprint density at radius 3 is 2.22 bits per heavy atom. The Hall–Kier alpha value is -2.91. The Balaban J connectivity index is 2.05. The molecule has 0 aromatic heterocycles. The summed E-state index contributed by atoms with van der Waals surface area (Å²) in [6.45, 7) is 1.91. The molecule has 8 nitrogen and oxygen atoms in total.